The van der Waals surface area contributed by atoms with Gasteiger partial charge < -0.3 is 10.5 Å². The molecule has 0 spiro atoms. The Bertz CT molecular complexity index is 102. The largest absolute Gasteiger partial charge is 0.383 e. The van der Waals surface area contributed by atoms with Gasteiger partial charge in [0.2, 0.25) is 0 Å². The summed E-state index contributed by atoms with van der Waals surface area (Å²) >= 11 is 0. The normalized spacial score (nSPS) is 25.1. The summed E-state index contributed by atoms with van der Waals surface area (Å²) in [4.78, 5) is 2.34. The van der Waals surface area contributed by atoms with E-state index in [2.05, 4.69) is 4.90 Å². The molecular weight excluding hydrogens is 164 g/mol. The summed E-state index contributed by atoms with van der Waals surface area (Å²) in [6, 6.07) is 0.400. The summed E-state index contributed by atoms with van der Waals surface area (Å²) in [5, 5.41) is 0. The van der Waals surface area contributed by atoms with Crippen molar-refractivity contribution in [3.63, 3.8) is 0 Å². The molecule has 0 unspecified atom stereocenters. The van der Waals surface area contributed by atoms with Crippen molar-refractivity contribution >= 4 is 12.4 Å². The number of nitrogens with zero attached hydrogens (tertiary/aromatic N) is 1. The standard InChI is InChI=1S/C7H16N2O.ClH/c1-10-5-4-9-3-2-7(8)6-9;/h7H,2-6,8H2,1H3;1H/t7-;/m1./s1. The van der Waals surface area contributed by atoms with Crippen molar-refractivity contribution in [3.05, 3.63) is 0 Å². The molecule has 68 valence electrons. The van der Waals surface area contributed by atoms with Crippen LogP contribution in [0.3, 0.4) is 0 Å². The molecule has 0 bridgehead atoms. The summed E-state index contributed by atoms with van der Waals surface area (Å²) in [6.07, 6.45) is 1.14. The summed E-state index contributed by atoms with van der Waals surface area (Å²) in [5.74, 6) is 0. The molecule has 1 saturated heterocycles. The van der Waals surface area contributed by atoms with E-state index in [1.165, 1.54) is 0 Å². The number of hydrogen-bond donors (Lipinski definition) is 1. The Kier molecular flexibility index (Phi) is 5.86. The van der Waals surface area contributed by atoms with Gasteiger partial charge >= 0.3 is 0 Å². The van der Waals surface area contributed by atoms with Gasteiger partial charge in [-0.15, -0.1) is 12.4 Å². The lowest BCUT2D eigenvalue weighted by atomic mass is 10.3. The van der Waals surface area contributed by atoms with Gasteiger partial charge in [-0.3, -0.25) is 4.90 Å². The highest BCUT2D eigenvalue weighted by atomic mass is 35.5. The van der Waals surface area contributed by atoms with Gasteiger partial charge in [-0.05, 0) is 13.0 Å². The molecule has 0 aromatic heterocycles. The summed E-state index contributed by atoms with van der Waals surface area (Å²) < 4.78 is 4.96. The SMILES string of the molecule is COCCN1CC[C@@H](N)C1.Cl. The number of ether oxygens (including phenoxy) is 1. The van der Waals surface area contributed by atoms with Gasteiger partial charge in [0.25, 0.3) is 0 Å². The Morgan fingerprint density at radius 2 is 2.36 bits per heavy atom. The summed E-state index contributed by atoms with van der Waals surface area (Å²) in [5.41, 5.74) is 5.71. The molecule has 1 heterocycles. The first-order valence-corrected chi connectivity index (χ1v) is 3.80. The minimum Gasteiger partial charge on any atom is -0.383 e. The van der Waals surface area contributed by atoms with Gasteiger partial charge in [-0.2, -0.15) is 0 Å². The van der Waals surface area contributed by atoms with Crippen LogP contribution in [-0.4, -0.2) is 44.3 Å². The van der Waals surface area contributed by atoms with Gasteiger partial charge in [-0.25, -0.2) is 0 Å². The van der Waals surface area contributed by atoms with Gasteiger partial charge in [-0.1, -0.05) is 0 Å². The zero-order valence-electron chi connectivity index (χ0n) is 6.95. The average molecular weight is 181 g/mol. The summed E-state index contributed by atoms with van der Waals surface area (Å²) in [7, 11) is 1.73. The van der Waals surface area contributed by atoms with Crippen LogP contribution in [0.25, 0.3) is 0 Å². The Labute approximate surface area is 74.3 Å². The zero-order valence-corrected chi connectivity index (χ0v) is 7.77. The van der Waals surface area contributed by atoms with Crippen LogP contribution in [0.2, 0.25) is 0 Å². The molecule has 1 aliphatic rings. The van der Waals surface area contributed by atoms with Crippen LogP contribution < -0.4 is 5.73 Å². The number of likely N-dealkylation sites (tertiary alicyclic amines) is 1. The van der Waals surface area contributed by atoms with E-state index < -0.39 is 0 Å². The minimum absolute atomic E-state index is 0. The van der Waals surface area contributed by atoms with E-state index in [4.69, 9.17) is 10.5 Å². The van der Waals surface area contributed by atoms with Gasteiger partial charge in [0, 0.05) is 26.2 Å². The Morgan fingerprint density at radius 1 is 1.64 bits per heavy atom. The molecule has 0 aliphatic carbocycles. The maximum Gasteiger partial charge on any atom is 0.0589 e. The number of nitrogens with two attached hydrogens (primary N) is 1. The lowest BCUT2D eigenvalue weighted by Gasteiger charge is -2.13. The fourth-order valence-electron chi connectivity index (χ4n) is 1.29. The molecule has 2 N–H and O–H groups in total. The van der Waals surface area contributed by atoms with Crippen molar-refractivity contribution < 1.29 is 4.74 Å². The van der Waals surface area contributed by atoms with E-state index in [-0.39, 0.29) is 12.4 Å². The molecule has 0 saturated carbocycles. The molecule has 4 heteroatoms. The summed E-state index contributed by atoms with van der Waals surface area (Å²) in [6.45, 7) is 4.05. The maximum atomic E-state index is 5.71. The van der Waals surface area contributed by atoms with Crippen LogP contribution in [0.15, 0.2) is 0 Å². The first-order chi connectivity index (χ1) is 4.83. The van der Waals surface area contributed by atoms with Crippen LogP contribution in [-0.2, 0) is 4.74 Å². The molecule has 1 aliphatic heterocycles. The second kappa shape index (κ2) is 5.77. The molecule has 1 atom stereocenters. The lowest BCUT2D eigenvalue weighted by Crippen LogP contribution is -2.28. The van der Waals surface area contributed by atoms with Crippen molar-refractivity contribution in [1.29, 1.82) is 0 Å². The molecule has 0 radical (unpaired) electrons. The number of halogens is 1. The fraction of sp³-hybridized carbons (Fsp3) is 1.00. The molecule has 1 fully saturated rings. The van der Waals surface area contributed by atoms with Crippen LogP contribution >= 0.6 is 12.4 Å². The van der Waals surface area contributed by atoms with Crippen molar-refractivity contribution in [1.82, 2.24) is 4.90 Å². The zero-order chi connectivity index (χ0) is 7.40. The topological polar surface area (TPSA) is 38.5 Å². The van der Waals surface area contributed by atoms with Crippen molar-refractivity contribution in [2.24, 2.45) is 5.73 Å². The molecule has 1 rings (SSSR count). The van der Waals surface area contributed by atoms with E-state index in [1.807, 2.05) is 0 Å². The molecular formula is C7H17ClN2O. The van der Waals surface area contributed by atoms with Crippen LogP contribution in [0.5, 0.6) is 0 Å². The Morgan fingerprint density at radius 3 is 2.82 bits per heavy atom. The highest BCUT2D eigenvalue weighted by molar-refractivity contribution is 5.85. The maximum absolute atomic E-state index is 5.71. The van der Waals surface area contributed by atoms with E-state index in [1.54, 1.807) is 7.11 Å². The Balaban J connectivity index is 0.000001000. The third-order valence-electron chi connectivity index (χ3n) is 1.92. The van der Waals surface area contributed by atoms with Crippen molar-refractivity contribution in [2.45, 2.75) is 12.5 Å². The van der Waals surface area contributed by atoms with E-state index in [0.29, 0.717) is 6.04 Å². The van der Waals surface area contributed by atoms with Crippen LogP contribution in [0.1, 0.15) is 6.42 Å². The van der Waals surface area contributed by atoms with Crippen molar-refractivity contribution in [3.8, 4) is 0 Å². The predicted octanol–water partition coefficient (Wildman–Crippen LogP) is 0.0876. The van der Waals surface area contributed by atoms with Gasteiger partial charge in [0.15, 0.2) is 0 Å². The van der Waals surface area contributed by atoms with E-state index in [0.717, 1.165) is 32.7 Å². The monoisotopic (exact) mass is 180 g/mol. The third kappa shape index (κ3) is 3.91. The lowest BCUT2D eigenvalue weighted by molar-refractivity contribution is 0.160. The number of hydrogen-bond acceptors (Lipinski definition) is 3. The third-order valence-corrected chi connectivity index (χ3v) is 1.92. The van der Waals surface area contributed by atoms with Crippen molar-refractivity contribution in [2.75, 3.05) is 33.4 Å². The van der Waals surface area contributed by atoms with Gasteiger partial charge in [0.1, 0.15) is 0 Å². The highest BCUT2D eigenvalue weighted by Crippen LogP contribution is 2.05. The van der Waals surface area contributed by atoms with Crippen LogP contribution in [0, 0.1) is 0 Å². The number of methoxy groups -OCH3 is 1. The quantitative estimate of drug-likeness (QED) is 0.669. The minimum atomic E-state index is 0. The predicted molar refractivity (Wildman–Crippen MR) is 48.2 cm³/mol. The molecule has 11 heavy (non-hydrogen) atoms. The molecule has 0 aromatic carbocycles. The number of rotatable bonds is 3. The fourth-order valence-corrected chi connectivity index (χ4v) is 1.29. The first kappa shape index (κ1) is 11.2. The first-order valence-electron chi connectivity index (χ1n) is 3.80. The molecule has 3 nitrogen and oxygen atoms in total. The molecule has 0 aromatic rings. The van der Waals surface area contributed by atoms with E-state index >= 15 is 0 Å². The smallest absolute Gasteiger partial charge is 0.0589 e. The second-order valence-electron chi connectivity index (χ2n) is 2.84. The highest BCUT2D eigenvalue weighted by Gasteiger charge is 2.17. The second-order valence-corrected chi connectivity index (χ2v) is 2.84. The van der Waals surface area contributed by atoms with Crippen LogP contribution in [0.4, 0.5) is 0 Å². The molecule has 0 amide bonds. The van der Waals surface area contributed by atoms with Gasteiger partial charge in [0.05, 0.1) is 6.61 Å². The van der Waals surface area contributed by atoms with E-state index in [9.17, 15) is 0 Å². The Hall–Kier alpha value is 0.170. The average Bonchev–Trinajstić information content (AvgIpc) is 2.31.